The molecule has 1 N–H and O–H groups in total. The molecule has 0 radical (unpaired) electrons. The van der Waals surface area contributed by atoms with Crippen LogP contribution in [0.5, 0.6) is 17.2 Å². The van der Waals surface area contributed by atoms with E-state index in [0.29, 0.717) is 11.5 Å². The van der Waals surface area contributed by atoms with Crippen LogP contribution in [0.25, 0.3) is 0 Å². The molecule has 1 amide bonds. The molecular weight excluding hydrogens is 296 g/mol. The Morgan fingerprint density at radius 1 is 1.26 bits per heavy atom. The molecule has 1 atom stereocenters. The maximum Gasteiger partial charge on any atom is 0.284 e. The molecule has 2 aromatic rings. The molecule has 1 aliphatic heterocycles. The standard InChI is InChI=1S/C17H16N2O4/c1-21-13-6-4-5-12(9-13)10-18-19-17(20)16-11-22-14-7-2-3-8-15(14)23-16/h2-10,16H,11H2,1H3,(H,19,20)/b18-10-/t16-/m0/s1. The van der Waals surface area contributed by atoms with Crippen LogP contribution in [-0.2, 0) is 4.79 Å². The van der Waals surface area contributed by atoms with Gasteiger partial charge in [0.1, 0.15) is 12.4 Å². The maximum atomic E-state index is 12.1. The number of ether oxygens (including phenoxy) is 3. The van der Waals surface area contributed by atoms with Gasteiger partial charge in [0, 0.05) is 0 Å². The molecule has 1 heterocycles. The summed E-state index contributed by atoms with van der Waals surface area (Å²) >= 11 is 0. The largest absolute Gasteiger partial charge is 0.497 e. The van der Waals surface area contributed by atoms with Gasteiger partial charge in [-0.15, -0.1) is 0 Å². The minimum absolute atomic E-state index is 0.150. The Kier molecular flexibility index (Phi) is 4.42. The van der Waals surface area contributed by atoms with Crippen LogP contribution in [0.1, 0.15) is 5.56 Å². The second-order valence-corrected chi connectivity index (χ2v) is 4.88. The second-order valence-electron chi connectivity index (χ2n) is 4.88. The first-order valence-electron chi connectivity index (χ1n) is 7.12. The Hall–Kier alpha value is -3.02. The number of fused-ring (bicyclic) bond motifs is 1. The van der Waals surface area contributed by atoms with E-state index < -0.39 is 6.10 Å². The van der Waals surface area contributed by atoms with Crippen molar-refractivity contribution in [2.24, 2.45) is 5.10 Å². The molecule has 0 saturated carbocycles. The van der Waals surface area contributed by atoms with Crippen LogP contribution in [0.3, 0.4) is 0 Å². The highest BCUT2D eigenvalue weighted by Crippen LogP contribution is 2.30. The molecule has 6 heteroatoms. The first-order chi connectivity index (χ1) is 11.3. The molecule has 0 aliphatic carbocycles. The molecule has 0 aromatic heterocycles. The Labute approximate surface area is 133 Å². The van der Waals surface area contributed by atoms with E-state index in [0.717, 1.165) is 11.3 Å². The zero-order valence-electron chi connectivity index (χ0n) is 12.6. The molecule has 0 fully saturated rings. The lowest BCUT2D eigenvalue weighted by molar-refractivity contribution is -0.130. The Bertz CT molecular complexity index is 730. The van der Waals surface area contributed by atoms with Gasteiger partial charge < -0.3 is 14.2 Å². The number of carbonyl (C=O) groups excluding carboxylic acids is 1. The summed E-state index contributed by atoms with van der Waals surface area (Å²) in [5.74, 6) is 1.55. The van der Waals surface area contributed by atoms with Crippen molar-refractivity contribution in [1.29, 1.82) is 0 Å². The third-order valence-corrected chi connectivity index (χ3v) is 3.28. The van der Waals surface area contributed by atoms with Gasteiger partial charge in [-0.2, -0.15) is 5.10 Å². The third-order valence-electron chi connectivity index (χ3n) is 3.28. The molecule has 118 valence electrons. The minimum atomic E-state index is -0.729. The molecule has 0 saturated heterocycles. The summed E-state index contributed by atoms with van der Waals surface area (Å²) in [5.41, 5.74) is 3.27. The normalized spacial score (nSPS) is 16.1. The van der Waals surface area contributed by atoms with Crippen molar-refractivity contribution in [3.63, 3.8) is 0 Å². The number of nitrogens with zero attached hydrogens (tertiary/aromatic N) is 1. The molecule has 2 aromatic carbocycles. The van der Waals surface area contributed by atoms with Gasteiger partial charge in [0.05, 0.1) is 13.3 Å². The van der Waals surface area contributed by atoms with Crippen molar-refractivity contribution in [3.8, 4) is 17.2 Å². The average Bonchev–Trinajstić information content (AvgIpc) is 2.61. The number of hydrogen-bond acceptors (Lipinski definition) is 5. The van der Waals surface area contributed by atoms with E-state index in [2.05, 4.69) is 10.5 Å². The number of methoxy groups -OCH3 is 1. The number of benzene rings is 2. The van der Waals surface area contributed by atoms with Gasteiger partial charge in [0.15, 0.2) is 11.5 Å². The first kappa shape index (κ1) is 14.9. The Morgan fingerprint density at radius 2 is 2.09 bits per heavy atom. The minimum Gasteiger partial charge on any atom is -0.497 e. The number of para-hydroxylation sites is 2. The molecule has 1 aliphatic rings. The van der Waals surface area contributed by atoms with E-state index >= 15 is 0 Å². The van der Waals surface area contributed by atoms with Crippen LogP contribution >= 0.6 is 0 Å². The lowest BCUT2D eigenvalue weighted by Gasteiger charge is -2.24. The van der Waals surface area contributed by atoms with Gasteiger partial charge in [-0.25, -0.2) is 5.43 Å². The van der Waals surface area contributed by atoms with Gasteiger partial charge in [-0.05, 0) is 29.8 Å². The number of amides is 1. The van der Waals surface area contributed by atoms with Gasteiger partial charge in [0.25, 0.3) is 5.91 Å². The zero-order valence-corrected chi connectivity index (χ0v) is 12.6. The molecule has 0 spiro atoms. The van der Waals surface area contributed by atoms with E-state index in [1.54, 1.807) is 19.2 Å². The molecular formula is C17H16N2O4. The lowest BCUT2D eigenvalue weighted by atomic mass is 10.2. The number of nitrogens with one attached hydrogen (secondary N) is 1. The highest BCUT2D eigenvalue weighted by Gasteiger charge is 2.26. The van der Waals surface area contributed by atoms with E-state index in [-0.39, 0.29) is 12.5 Å². The summed E-state index contributed by atoms with van der Waals surface area (Å²) in [6.07, 6.45) is 0.810. The summed E-state index contributed by atoms with van der Waals surface area (Å²) in [4.78, 5) is 12.1. The van der Waals surface area contributed by atoms with Crippen LogP contribution in [0.2, 0.25) is 0 Å². The molecule has 3 rings (SSSR count). The summed E-state index contributed by atoms with van der Waals surface area (Å²) in [6.45, 7) is 0.150. The number of hydrazone groups is 1. The fourth-order valence-electron chi connectivity index (χ4n) is 2.11. The SMILES string of the molecule is COc1cccc(/C=N\NC(=O)[C@@H]2COc3ccccc3O2)c1. The van der Waals surface area contributed by atoms with E-state index in [1.165, 1.54) is 6.21 Å². The van der Waals surface area contributed by atoms with Crippen LogP contribution in [0.15, 0.2) is 53.6 Å². The topological polar surface area (TPSA) is 69.2 Å². The Balaban J connectivity index is 1.58. The van der Waals surface area contributed by atoms with Crippen molar-refractivity contribution >= 4 is 12.1 Å². The first-order valence-corrected chi connectivity index (χ1v) is 7.12. The fraction of sp³-hybridized carbons (Fsp3) is 0.176. The summed E-state index contributed by atoms with van der Waals surface area (Å²) < 4.78 is 16.2. The molecule has 0 bridgehead atoms. The number of hydrogen-bond donors (Lipinski definition) is 1. The maximum absolute atomic E-state index is 12.1. The quantitative estimate of drug-likeness (QED) is 0.692. The summed E-state index contributed by atoms with van der Waals surface area (Å²) in [5, 5.41) is 3.93. The monoisotopic (exact) mass is 312 g/mol. The van der Waals surface area contributed by atoms with E-state index in [4.69, 9.17) is 14.2 Å². The van der Waals surface area contributed by atoms with Crippen LogP contribution < -0.4 is 19.6 Å². The lowest BCUT2D eigenvalue weighted by Crippen LogP contribution is -2.42. The fourth-order valence-corrected chi connectivity index (χ4v) is 2.11. The number of carbonyl (C=O) groups is 1. The zero-order chi connectivity index (χ0) is 16.1. The van der Waals surface area contributed by atoms with Crippen molar-refractivity contribution in [1.82, 2.24) is 5.43 Å². The highest BCUT2D eigenvalue weighted by molar-refractivity contribution is 5.85. The smallest absolute Gasteiger partial charge is 0.284 e. The van der Waals surface area contributed by atoms with Crippen LogP contribution in [0, 0.1) is 0 Å². The van der Waals surface area contributed by atoms with Crippen molar-refractivity contribution < 1.29 is 19.0 Å². The molecule has 6 nitrogen and oxygen atoms in total. The summed E-state index contributed by atoms with van der Waals surface area (Å²) in [7, 11) is 1.59. The Morgan fingerprint density at radius 3 is 2.91 bits per heavy atom. The predicted molar refractivity (Wildman–Crippen MR) is 85.1 cm³/mol. The van der Waals surface area contributed by atoms with E-state index in [9.17, 15) is 4.79 Å². The van der Waals surface area contributed by atoms with Crippen LogP contribution in [-0.4, -0.2) is 31.9 Å². The van der Waals surface area contributed by atoms with Gasteiger partial charge >= 0.3 is 0 Å². The predicted octanol–water partition coefficient (Wildman–Crippen LogP) is 1.99. The van der Waals surface area contributed by atoms with E-state index in [1.807, 2.05) is 36.4 Å². The third kappa shape index (κ3) is 3.60. The average molecular weight is 312 g/mol. The number of rotatable bonds is 4. The van der Waals surface area contributed by atoms with Crippen molar-refractivity contribution in [2.75, 3.05) is 13.7 Å². The van der Waals surface area contributed by atoms with Gasteiger partial charge in [0.2, 0.25) is 6.10 Å². The second kappa shape index (κ2) is 6.83. The molecule has 0 unspecified atom stereocenters. The molecule has 23 heavy (non-hydrogen) atoms. The summed E-state index contributed by atoms with van der Waals surface area (Å²) in [6, 6.07) is 14.6. The van der Waals surface area contributed by atoms with Gasteiger partial charge in [-0.3, -0.25) is 4.79 Å². The highest BCUT2D eigenvalue weighted by atomic mass is 16.6. The van der Waals surface area contributed by atoms with Crippen molar-refractivity contribution in [3.05, 3.63) is 54.1 Å². The van der Waals surface area contributed by atoms with Crippen LogP contribution in [0.4, 0.5) is 0 Å². The van der Waals surface area contributed by atoms with Crippen molar-refractivity contribution in [2.45, 2.75) is 6.10 Å². The van der Waals surface area contributed by atoms with Gasteiger partial charge in [-0.1, -0.05) is 24.3 Å².